The summed E-state index contributed by atoms with van der Waals surface area (Å²) in [7, 11) is 2.02. The van der Waals surface area contributed by atoms with Gasteiger partial charge in [-0.15, -0.1) is 0 Å². The second kappa shape index (κ2) is 11.4. The van der Waals surface area contributed by atoms with E-state index in [2.05, 4.69) is 72.9 Å². The standard InChI is InChI=1S/C26H55N3O2/c1-22(2,3)19-29(21(30)31-23(4,5)6)20-24(7,8)14-15-28-18-26(11,12)16-25(9,10)17-27-13/h27-28H,14-20H2,1-13H3. The van der Waals surface area contributed by atoms with Crippen molar-refractivity contribution in [3.63, 3.8) is 0 Å². The first-order valence-corrected chi connectivity index (χ1v) is 12.0. The minimum absolute atomic E-state index is 0.00466. The minimum atomic E-state index is -0.481. The molecule has 0 fully saturated rings. The SMILES string of the molecule is CNCC(C)(C)CC(C)(C)CNCCC(C)(C)CN(CC(C)(C)C)C(=O)OC(C)(C)C. The van der Waals surface area contributed by atoms with Crippen LogP contribution in [-0.2, 0) is 4.74 Å². The molecular formula is C26H55N3O2. The fraction of sp³-hybridized carbons (Fsp3) is 0.962. The molecule has 186 valence electrons. The lowest BCUT2D eigenvalue weighted by Crippen LogP contribution is -2.46. The first kappa shape index (κ1) is 30.2. The third-order valence-electron chi connectivity index (χ3n) is 5.13. The number of rotatable bonds is 12. The molecule has 0 aliphatic carbocycles. The van der Waals surface area contributed by atoms with E-state index >= 15 is 0 Å². The Morgan fingerprint density at radius 1 is 0.774 bits per heavy atom. The van der Waals surface area contributed by atoms with Crippen LogP contribution in [0.2, 0.25) is 0 Å². The van der Waals surface area contributed by atoms with Crippen molar-refractivity contribution in [3.8, 4) is 0 Å². The van der Waals surface area contributed by atoms with Gasteiger partial charge in [0.15, 0.2) is 0 Å². The molecule has 0 saturated heterocycles. The van der Waals surface area contributed by atoms with Gasteiger partial charge in [-0.25, -0.2) is 4.79 Å². The van der Waals surface area contributed by atoms with E-state index in [0.717, 1.165) is 32.5 Å². The lowest BCUT2D eigenvalue weighted by Gasteiger charge is -2.38. The van der Waals surface area contributed by atoms with Gasteiger partial charge in [0.1, 0.15) is 5.60 Å². The summed E-state index contributed by atoms with van der Waals surface area (Å²) in [5.74, 6) is 0. The number of amides is 1. The van der Waals surface area contributed by atoms with Gasteiger partial charge in [-0.3, -0.25) is 0 Å². The van der Waals surface area contributed by atoms with E-state index in [4.69, 9.17) is 4.74 Å². The van der Waals surface area contributed by atoms with Gasteiger partial charge in [-0.05, 0) is 75.4 Å². The maximum Gasteiger partial charge on any atom is 0.410 e. The zero-order valence-electron chi connectivity index (χ0n) is 23.2. The van der Waals surface area contributed by atoms with E-state index in [1.807, 2.05) is 32.7 Å². The first-order chi connectivity index (χ1) is 13.7. The Balaban J connectivity index is 4.84. The van der Waals surface area contributed by atoms with Crippen LogP contribution in [0.15, 0.2) is 0 Å². The molecule has 5 nitrogen and oxygen atoms in total. The Hall–Kier alpha value is -0.810. The van der Waals surface area contributed by atoms with Crippen LogP contribution in [0.3, 0.4) is 0 Å². The van der Waals surface area contributed by atoms with Crippen LogP contribution in [0.4, 0.5) is 4.79 Å². The predicted molar refractivity (Wildman–Crippen MR) is 135 cm³/mol. The third-order valence-corrected chi connectivity index (χ3v) is 5.13. The van der Waals surface area contributed by atoms with E-state index in [9.17, 15) is 4.79 Å². The number of hydrogen-bond donors (Lipinski definition) is 2. The third kappa shape index (κ3) is 15.6. The van der Waals surface area contributed by atoms with Crippen LogP contribution in [0.5, 0.6) is 0 Å². The Kier molecular flexibility index (Phi) is 11.1. The normalized spacial score (nSPS) is 14.0. The molecular weight excluding hydrogens is 386 g/mol. The van der Waals surface area contributed by atoms with E-state index in [1.54, 1.807) is 0 Å². The Morgan fingerprint density at radius 3 is 1.74 bits per heavy atom. The molecule has 0 spiro atoms. The monoisotopic (exact) mass is 441 g/mol. The van der Waals surface area contributed by atoms with Gasteiger partial charge in [0.25, 0.3) is 0 Å². The first-order valence-electron chi connectivity index (χ1n) is 12.0. The van der Waals surface area contributed by atoms with Gasteiger partial charge in [0.05, 0.1) is 0 Å². The van der Waals surface area contributed by atoms with Crippen molar-refractivity contribution in [1.82, 2.24) is 15.5 Å². The molecule has 0 saturated carbocycles. The number of ether oxygens (including phenoxy) is 1. The Morgan fingerprint density at radius 2 is 1.29 bits per heavy atom. The Labute approximate surface area is 194 Å². The van der Waals surface area contributed by atoms with Crippen molar-refractivity contribution in [2.45, 2.75) is 102 Å². The van der Waals surface area contributed by atoms with E-state index in [0.29, 0.717) is 13.1 Å². The van der Waals surface area contributed by atoms with E-state index < -0.39 is 5.60 Å². The summed E-state index contributed by atoms with van der Waals surface area (Å²) in [6.07, 6.45) is 1.96. The van der Waals surface area contributed by atoms with Gasteiger partial charge in [-0.2, -0.15) is 0 Å². The molecule has 0 heterocycles. The van der Waals surface area contributed by atoms with E-state index in [1.165, 1.54) is 0 Å². The molecule has 0 radical (unpaired) electrons. The average molecular weight is 442 g/mol. The molecule has 0 aliphatic rings. The highest BCUT2D eigenvalue weighted by Gasteiger charge is 2.32. The number of carbonyl (C=O) groups is 1. The van der Waals surface area contributed by atoms with Crippen molar-refractivity contribution in [2.75, 3.05) is 39.8 Å². The van der Waals surface area contributed by atoms with Crippen LogP contribution >= 0.6 is 0 Å². The van der Waals surface area contributed by atoms with Crippen LogP contribution in [0.1, 0.15) is 95.9 Å². The van der Waals surface area contributed by atoms with Crippen LogP contribution in [0, 0.1) is 21.7 Å². The summed E-state index contributed by atoms with van der Waals surface area (Å²) in [5.41, 5.74) is 0.0605. The number of nitrogens with zero attached hydrogens (tertiary/aromatic N) is 1. The molecule has 0 aromatic heterocycles. The van der Waals surface area contributed by atoms with Gasteiger partial charge in [0.2, 0.25) is 0 Å². The zero-order valence-corrected chi connectivity index (χ0v) is 23.2. The Bertz CT molecular complexity index is 540. The fourth-order valence-electron chi connectivity index (χ4n) is 4.43. The highest BCUT2D eigenvalue weighted by molar-refractivity contribution is 5.68. The van der Waals surface area contributed by atoms with Crippen molar-refractivity contribution >= 4 is 6.09 Å². The van der Waals surface area contributed by atoms with E-state index in [-0.39, 0.29) is 27.8 Å². The summed E-state index contributed by atoms with van der Waals surface area (Å²) in [4.78, 5) is 14.7. The summed E-state index contributed by atoms with van der Waals surface area (Å²) < 4.78 is 5.69. The molecule has 0 aromatic rings. The zero-order chi connectivity index (χ0) is 24.7. The van der Waals surface area contributed by atoms with Gasteiger partial charge >= 0.3 is 6.09 Å². The van der Waals surface area contributed by atoms with Crippen LogP contribution < -0.4 is 10.6 Å². The molecule has 2 N–H and O–H groups in total. The number of carbonyl (C=O) groups excluding carboxylic acids is 1. The number of nitrogens with one attached hydrogen (secondary N) is 2. The fourth-order valence-corrected chi connectivity index (χ4v) is 4.43. The molecule has 0 aliphatic heterocycles. The molecule has 0 aromatic carbocycles. The summed E-state index contributed by atoms with van der Waals surface area (Å²) in [6, 6.07) is 0. The van der Waals surface area contributed by atoms with Gasteiger partial charge < -0.3 is 20.3 Å². The lowest BCUT2D eigenvalue weighted by molar-refractivity contribution is 0.0100. The smallest absolute Gasteiger partial charge is 0.410 e. The topological polar surface area (TPSA) is 53.6 Å². The highest BCUT2D eigenvalue weighted by Crippen LogP contribution is 2.33. The molecule has 0 atom stereocenters. The molecule has 31 heavy (non-hydrogen) atoms. The molecule has 1 amide bonds. The van der Waals surface area contributed by atoms with Crippen molar-refractivity contribution in [1.29, 1.82) is 0 Å². The van der Waals surface area contributed by atoms with Crippen LogP contribution in [-0.4, -0.2) is 56.4 Å². The highest BCUT2D eigenvalue weighted by atomic mass is 16.6. The van der Waals surface area contributed by atoms with Crippen molar-refractivity contribution in [3.05, 3.63) is 0 Å². The maximum atomic E-state index is 12.8. The molecule has 0 unspecified atom stereocenters. The van der Waals surface area contributed by atoms with Crippen molar-refractivity contribution in [2.24, 2.45) is 21.7 Å². The van der Waals surface area contributed by atoms with Crippen LogP contribution in [0.25, 0.3) is 0 Å². The lowest BCUT2D eigenvalue weighted by atomic mass is 9.75. The molecule has 5 heteroatoms. The summed E-state index contributed by atoms with van der Waals surface area (Å²) >= 11 is 0. The molecule has 0 bridgehead atoms. The summed E-state index contributed by atoms with van der Waals surface area (Å²) in [5, 5.41) is 6.99. The van der Waals surface area contributed by atoms with Gasteiger partial charge in [0, 0.05) is 19.6 Å². The maximum absolute atomic E-state index is 12.8. The largest absolute Gasteiger partial charge is 0.444 e. The molecule has 0 rings (SSSR count). The quantitative estimate of drug-likeness (QED) is 0.368. The predicted octanol–water partition coefficient (Wildman–Crippen LogP) is 5.94. The van der Waals surface area contributed by atoms with Crippen molar-refractivity contribution < 1.29 is 9.53 Å². The number of hydrogen-bond acceptors (Lipinski definition) is 4. The minimum Gasteiger partial charge on any atom is -0.444 e. The second-order valence-electron chi connectivity index (χ2n) is 14.0. The average Bonchev–Trinajstić information content (AvgIpc) is 2.46. The summed E-state index contributed by atoms with van der Waals surface area (Å²) in [6.45, 7) is 30.4. The second-order valence-corrected chi connectivity index (χ2v) is 14.0. The van der Waals surface area contributed by atoms with Gasteiger partial charge in [-0.1, -0.05) is 62.3 Å².